The smallest absolute Gasteiger partial charge is 0.122 e. The Morgan fingerprint density at radius 3 is 2.71 bits per heavy atom. The first kappa shape index (κ1) is 14.3. The van der Waals surface area contributed by atoms with E-state index in [-0.39, 0.29) is 5.54 Å². The number of rotatable bonds is 6. The molecule has 1 rings (SSSR count). The Morgan fingerprint density at radius 2 is 2.12 bits per heavy atom. The summed E-state index contributed by atoms with van der Waals surface area (Å²) in [5, 5.41) is 3.45. The molecule has 0 aliphatic heterocycles. The number of aryl methyl sites for hydroxylation is 1. The van der Waals surface area contributed by atoms with Gasteiger partial charge in [-0.15, -0.1) is 11.6 Å². The minimum Gasteiger partial charge on any atom is -0.497 e. The van der Waals surface area contributed by atoms with Gasteiger partial charge in [-0.2, -0.15) is 0 Å². The fourth-order valence-corrected chi connectivity index (χ4v) is 2.04. The molecule has 1 N–H and O–H groups in total. The molecule has 0 atom stereocenters. The molecule has 0 saturated heterocycles. The maximum absolute atomic E-state index is 5.77. The lowest BCUT2D eigenvalue weighted by molar-refractivity contribution is 0.372. The van der Waals surface area contributed by atoms with Crippen LogP contribution in [0.3, 0.4) is 0 Å². The van der Waals surface area contributed by atoms with Crippen molar-refractivity contribution in [1.29, 1.82) is 0 Å². The standard InChI is InChI=1S/C13H21ClN2O/c1-10-7-12(17-4)8-11(16-10)9-15-13(2,3)5-6-14/h7-8,15H,5-6,9H2,1-4H3. The first-order valence-corrected chi connectivity index (χ1v) is 6.33. The van der Waals surface area contributed by atoms with Crippen molar-refractivity contribution < 1.29 is 4.74 Å². The van der Waals surface area contributed by atoms with Gasteiger partial charge in [0.25, 0.3) is 0 Å². The van der Waals surface area contributed by atoms with E-state index in [1.807, 2.05) is 19.1 Å². The van der Waals surface area contributed by atoms with Crippen LogP contribution in [0.4, 0.5) is 0 Å². The number of methoxy groups -OCH3 is 1. The Hall–Kier alpha value is -0.800. The van der Waals surface area contributed by atoms with Gasteiger partial charge in [-0.05, 0) is 27.2 Å². The van der Waals surface area contributed by atoms with Crippen molar-refractivity contribution in [2.24, 2.45) is 0 Å². The molecule has 0 spiro atoms. The summed E-state index contributed by atoms with van der Waals surface area (Å²) in [7, 11) is 1.67. The lowest BCUT2D eigenvalue weighted by Gasteiger charge is -2.25. The van der Waals surface area contributed by atoms with Gasteiger partial charge in [0.05, 0.1) is 12.8 Å². The average Bonchev–Trinajstić information content (AvgIpc) is 2.26. The molecule has 17 heavy (non-hydrogen) atoms. The van der Waals surface area contributed by atoms with Gasteiger partial charge in [0, 0.05) is 35.8 Å². The number of nitrogens with zero attached hydrogens (tertiary/aromatic N) is 1. The monoisotopic (exact) mass is 256 g/mol. The van der Waals surface area contributed by atoms with E-state index in [1.54, 1.807) is 7.11 Å². The van der Waals surface area contributed by atoms with Gasteiger partial charge in [-0.25, -0.2) is 0 Å². The van der Waals surface area contributed by atoms with E-state index >= 15 is 0 Å². The van der Waals surface area contributed by atoms with Gasteiger partial charge in [0.2, 0.25) is 0 Å². The predicted octanol–water partition coefficient (Wildman–Crippen LogP) is 2.90. The minimum absolute atomic E-state index is 0.0282. The number of hydrogen-bond donors (Lipinski definition) is 1. The predicted molar refractivity (Wildman–Crippen MR) is 71.8 cm³/mol. The quantitative estimate of drug-likeness (QED) is 0.795. The molecule has 96 valence electrons. The number of ether oxygens (including phenoxy) is 1. The molecular formula is C13H21ClN2O. The summed E-state index contributed by atoms with van der Waals surface area (Å²) >= 11 is 5.77. The van der Waals surface area contributed by atoms with Gasteiger partial charge in [0.1, 0.15) is 5.75 Å². The van der Waals surface area contributed by atoms with Crippen LogP contribution in [0.25, 0.3) is 0 Å². The zero-order valence-electron chi connectivity index (χ0n) is 11.0. The maximum atomic E-state index is 5.77. The van der Waals surface area contributed by atoms with Crippen LogP contribution < -0.4 is 10.1 Å². The van der Waals surface area contributed by atoms with E-state index in [0.29, 0.717) is 5.88 Å². The molecule has 0 radical (unpaired) electrons. The Bertz CT molecular complexity index is 366. The second-order valence-corrected chi connectivity index (χ2v) is 5.19. The number of pyridine rings is 1. The summed E-state index contributed by atoms with van der Waals surface area (Å²) in [4.78, 5) is 4.47. The Morgan fingerprint density at radius 1 is 1.41 bits per heavy atom. The first-order valence-electron chi connectivity index (χ1n) is 5.79. The van der Waals surface area contributed by atoms with Crippen molar-refractivity contribution >= 4 is 11.6 Å². The molecule has 0 aromatic carbocycles. The van der Waals surface area contributed by atoms with E-state index in [2.05, 4.69) is 24.1 Å². The molecule has 1 aromatic rings. The molecule has 1 heterocycles. The van der Waals surface area contributed by atoms with Crippen LogP contribution in [0, 0.1) is 6.92 Å². The molecular weight excluding hydrogens is 236 g/mol. The minimum atomic E-state index is 0.0282. The van der Waals surface area contributed by atoms with E-state index in [1.165, 1.54) is 0 Å². The largest absolute Gasteiger partial charge is 0.497 e. The molecule has 0 aliphatic carbocycles. The van der Waals surface area contributed by atoms with Crippen molar-refractivity contribution in [3.8, 4) is 5.75 Å². The van der Waals surface area contributed by atoms with Gasteiger partial charge < -0.3 is 10.1 Å². The first-order chi connectivity index (χ1) is 7.96. The van der Waals surface area contributed by atoms with E-state index in [0.717, 1.165) is 30.1 Å². The summed E-state index contributed by atoms with van der Waals surface area (Å²) in [5.41, 5.74) is 1.99. The highest BCUT2D eigenvalue weighted by molar-refractivity contribution is 6.17. The van der Waals surface area contributed by atoms with Crippen LogP contribution in [0.1, 0.15) is 31.7 Å². The maximum Gasteiger partial charge on any atom is 0.122 e. The van der Waals surface area contributed by atoms with Crippen LogP contribution in [-0.2, 0) is 6.54 Å². The van der Waals surface area contributed by atoms with Gasteiger partial charge in [-0.3, -0.25) is 4.98 Å². The number of alkyl halides is 1. The molecule has 4 heteroatoms. The van der Waals surface area contributed by atoms with Crippen LogP contribution in [0.5, 0.6) is 5.75 Å². The molecule has 0 fully saturated rings. The Labute approximate surface area is 109 Å². The fraction of sp³-hybridized carbons (Fsp3) is 0.615. The normalized spacial score (nSPS) is 11.6. The zero-order valence-corrected chi connectivity index (χ0v) is 11.8. The van der Waals surface area contributed by atoms with Crippen LogP contribution in [-0.4, -0.2) is 23.5 Å². The van der Waals surface area contributed by atoms with Gasteiger partial charge in [0.15, 0.2) is 0 Å². The summed E-state index contributed by atoms with van der Waals surface area (Å²) in [6.45, 7) is 6.97. The third-order valence-corrected chi connectivity index (χ3v) is 2.87. The number of nitrogens with one attached hydrogen (secondary N) is 1. The van der Waals surface area contributed by atoms with Crippen LogP contribution >= 0.6 is 11.6 Å². The summed E-state index contributed by atoms with van der Waals surface area (Å²) in [5.74, 6) is 1.51. The van der Waals surface area contributed by atoms with Crippen LogP contribution in [0.15, 0.2) is 12.1 Å². The number of hydrogen-bond acceptors (Lipinski definition) is 3. The molecule has 3 nitrogen and oxygen atoms in total. The highest BCUT2D eigenvalue weighted by atomic mass is 35.5. The third kappa shape index (κ3) is 4.92. The van der Waals surface area contributed by atoms with Gasteiger partial charge >= 0.3 is 0 Å². The third-order valence-electron chi connectivity index (χ3n) is 2.68. The number of halogens is 1. The highest BCUT2D eigenvalue weighted by Crippen LogP contribution is 2.15. The van der Waals surface area contributed by atoms with E-state index < -0.39 is 0 Å². The van der Waals surface area contributed by atoms with Crippen LogP contribution in [0.2, 0.25) is 0 Å². The second kappa shape index (κ2) is 6.22. The van der Waals surface area contributed by atoms with Crippen molar-refractivity contribution in [2.75, 3.05) is 13.0 Å². The molecule has 1 aromatic heterocycles. The SMILES string of the molecule is COc1cc(C)nc(CNC(C)(C)CCCl)c1. The van der Waals surface area contributed by atoms with Crippen molar-refractivity contribution in [1.82, 2.24) is 10.3 Å². The van der Waals surface area contributed by atoms with Crippen molar-refractivity contribution in [2.45, 2.75) is 39.3 Å². The average molecular weight is 257 g/mol. The fourth-order valence-electron chi connectivity index (χ4n) is 1.57. The molecule has 0 bridgehead atoms. The van der Waals surface area contributed by atoms with E-state index in [9.17, 15) is 0 Å². The van der Waals surface area contributed by atoms with Crippen molar-refractivity contribution in [3.05, 3.63) is 23.5 Å². The van der Waals surface area contributed by atoms with Gasteiger partial charge in [-0.1, -0.05) is 0 Å². The topological polar surface area (TPSA) is 34.1 Å². The lowest BCUT2D eigenvalue weighted by Crippen LogP contribution is -2.39. The Balaban J connectivity index is 2.65. The molecule has 0 unspecified atom stereocenters. The summed E-state index contributed by atoms with van der Waals surface area (Å²) in [6, 6.07) is 3.88. The summed E-state index contributed by atoms with van der Waals surface area (Å²) in [6.07, 6.45) is 0.928. The van der Waals surface area contributed by atoms with Crippen molar-refractivity contribution in [3.63, 3.8) is 0 Å². The highest BCUT2D eigenvalue weighted by Gasteiger charge is 2.16. The zero-order chi connectivity index (χ0) is 12.9. The molecule has 0 aliphatic rings. The summed E-state index contributed by atoms with van der Waals surface area (Å²) < 4.78 is 5.23. The molecule has 0 saturated carbocycles. The molecule has 0 amide bonds. The lowest BCUT2D eigenvalue weighted by atomic mass is 10.0. The van der Waals surface area contributed by atoms with E-state index in [4.69, 9.17) is 16.3 Å². The second-order valence-electron chi connectivity index (χ2n) is 4.82. The Kier molecular flexibility index (Phi) is 5.22. The number of aromatic nitrogens is 1.